The highest BCUT2D eigenvalue weighted by Crippen LogP contribution is 2.33. The van der Waals surface area contributed by atoms with Crippen LogP contribution in [-0.4, -0.2) is 32.8 Å². The smallest absolute Gasteiger partial charge is 0.303 e. The van der Waals surface area contributed by atoms with E-state index in [1.807, 2.05) is 24.6 Å². The van der Waals surface area contributed by atoms with Crippen LogP contribution in [0.1, 0.15) is 55.0 Å². The van der Waals surface area contributed by atoms with E-state index in [2.05, 4.69) is 22.6 Å². The molecule has 1 aromatic heterocycles. The number of nitrogens with one attached hydrogen (secondary N) is 1. The van der Waals surface area contributed by atoms with E-state index in [1.165, 1.54) is 0 Å². The minimum atomic E-state index is -0.881. The molecule has 1 aliphatic rings. The van der Waals surface area contributed by atoms with Crippen LogP contribution < -0.4 is 5.32 Å². The van der Waals surface area contributed by atoms with Gasteiger partial charge in [-0.2, -0.15) is 10.4 Å². The first-order valence-corrected chi connectivity index (χ1v) is 8.52. The van der Waals surface area contributed by atoms with Crippen molar-refractivity contribution >= 4 is 11.9 Å². The SMILES string of the molecule is Cc1nn(CCC#N)c(C)c1[C@@H]1C=C[C@@H](NC(=O)CCCC(=O)O)C1. The molecule has 2 rings (SSSR count). The molecule has 0 saturated heterocycles. The summed E-state index contributed by atoms with van der Waals surface area (Å²) in [5.74, 6) is -0.803. The van der Waals surface area contributed by atoms with E-state index in [9.17, 15) is 9.59 Å². The van der Waals surface area contributed by atoms with Crippen molar-refractivity contribution in [3.63, 3.8) is 0 Å². The lowest BCUT2D eigenvalue weighted by atomic mass is 9.96. The van der Waals surface area contributed by atoms with Crippen LogP contribution in [0.4, 0.5) is 0 Å². The van der Waals surface area contributed by atoms with Gasteiger partial charge in [-0.3, -0.25) is 14.3 Å². The Kier molecular flexibility index (Phi) is 6.34. The number of aryl methyl sites for hydroxylation is 2. The molecule has 1 aromatic rings. The number of hydrogen-bond acceptors (Lipinski definition) is 4. The number of hydrogen-bond donors (Lipinski definition) is 2. The number of carbonyl (C=O) groups excluding carboxylic acids is 1. The minimum Gasteiger partial charge on any atom is -0.481 e. The van der Waals surface area contributed by atoms with Gasteiger partial charge in [0.25, 0.3) is 0 Å². The van der Waals surface area contributed by atoms with E-state index in [0.29, 0.717) is 19.4 Å². The summed E-state index contributed by atoms with van der Waals surface area (Å²) in [7, 11) is 0. The average Bonchev–Trinajstić information content (AvgIpc) is 3.09. The Morgan fingerprint density at radius 2 is 2.16 bits per heavy atom. The molecule has 134 valence electrons. The molecule has 0 aliphatic heterocycles. The third-order valence-electron chi connectivity index (χ3n) is 4.47. The first-order chi connectivity index (χ1) is 11.9. The van der Waals surface area contributed by atoms with E-state index < -0.39 is 5.97 Å². The largest absolute Gasteiger partial charge is 0.481 e. The fourth-order valence-corrected chi connectivity index (χ4v) is 3.32. The third-order valence-corrected chi connectivity index (χ3v) is 4.47. The Labute approximate surface area is 147 Å². The number of aromatic nitrogens is 2. The van der Waals surface area contributed by atoms with Gasteiger partial charge in [0.15, 0.2) is 0 Å². The van der Waals surface area contributed by atoms with Crippen molar-refractivity contribution < 1.29 is 14.7 Å². The second-order valence-electron chi connectivity index (χ2n) is 6.36. The van der Waals surface area contributed by atoms with E-state index in [1.54, 1.807) is 0 Å². The van der Waals surface area contributed by atoms with Crippen molar-refractivity contribution in [1.82, 2.24) is 15.1 Å². The molecule has 1 amide bonds. The second-order valence-corrected chi connectivity index (χ2v) is 6.36. The average molecular weight is 344 g/mol. The maximum Gasteiger partial charge on any atom is 0.303 e. The van der Waals surface area contributed by atoms with Crippen LogP contribution in [0.15, 0.2) is 12.2 Å². The third kappa shape index (κ3) is 4.92. The van der Waals surface area contributed by atoms with E-state index in [0.717, 1.165) is 23.4 Å². The Morgan fingerprint density at radius 1 is 1.40 bits per heavy atom. The van der Waals surface area contributed by atoms with Crippen LogP contribution in [0.5, 0.6) is 0 Å². The quantitative estimate of drug-likeness (QED) is 0.703. The van der Waals surface area contributed by atoms with Crippen LogP contribution in [0, 0.1) is 25.2 Å². The molecule has 1 heterocycles. The molecule has 0 aromatic carbocycles. The number of rotatable bonds is 8. The molecule has 2 N–H and O–H groups in total. The zero-order chi connectivity index (χ0) is 18.4. The van der Waals surface area contributed by atoms with Crippen molar-refractivity contribution in [3.05, 3.63) is 29.1 Å². The zero-order valence-corrected chi connectivity index (χ0v) is 14.7. The number of carbonyl (C=O) groups is 2. The van der Waals surface area contributed by atoms with Gasteiger partial charge < -0.3 is 10.4 Å². The number of amides is 1. The topological polar surface area (TPSA) is 108 Å². The maximum absolute atomic E-state index is 11.9. The fraction of sp³-hybridized carbons (Fsp3) is 0.556. The highest BCUT2D eigenvalue weighted by molar-refractivity contribution is 5.77. The molecule has 0 bridgehead atoms. The number of carboxylic acids is 1. The van der Waals surface area contributed by atoms with E-state index in [-0.39, 0.29) is 30.7 Å². The van der Waals surface area contributed by atoms with Crippen molar-refractivity contribution in [2.45, 2.75) is 64.5 Å². The summed E-state index contributed by atoms with van der Waals surface area (Å²) in [6.07, 6.45) is 5.87. The summed E-state index contributed by atoms with van der Waals surface area (Å²) < 4.78 is 1.87. The predicted octanol–water partition coefficient (Wildman–Crippen LogP) is 2.20. The number of aliphatic carboxylic acids is 1. The summed E-state index contributed by atoms with van der Waals surface area (Å²) in [6.45, 7) is 4.57. The van der Waals surface area contributed by atoms with Crippen molar-refractivity contribution in [1.29, 1.82) is 5.26 Å². The Morgan fingerprint density at radius 3 is 2.84 bits per heavy atom. The first-order valence-electron chi connectivity index (χ1n) is 8.52. The molecule has 0 fully saturated rings. The molecule has 0 radical (unpaired) electrons. The monoisotopic (exact) mass is 344 g/mol. The number of allylic oxidation sites excluding steroid dienone is 1. The van der Waals surface area contributed by atoms with Gasteiger partial charge >= 0.3 is 5.97 Å². The molecule has 7 nitrogen and oxygen atoms in total. The highest BCUT2D eigenvalue weighted by atomic mass is 16.4. The lowest BCUT2D eigenvalue weighted by Gasteiger charge is -2.14. The van der Waals surface area contributed by atoms with Crippen molar-refractivity contribution in [3.8, 4) is 6.07 Å². The molecular formula is C18H24N4O3. The van der Waals surface area contributed by atoms with E-state index in [4.69, 9.17) is 10.4 Å². The molecule has 0 unspecified atom stereocenters. The number of nitrogens with zero attached hydrogens (tertiary/aromatic N) is 3. The zero-order valence-electron chi connectivity index (χ0n) is 14.7. The van der Waals surface area contributed by atoms with Crippen LogP contribution in [-0.2, 0) is 16.1 Å². The van der Waals surface area contributed by atoms with Crippen LogP contribution in [0.3, 0.4) is 0 Å². The Hall–Kier alpha value is -2.62. The Balaban J connectivity index is 1.92. The lowest BCUT2D eigenvalue weighted by molar-refractivity contribution is -0.137. The molecule has 25 heavy (non-hydrogen) atoms. The minimum absolute atomic E-state index is 0.0107. The Bertz CT molecular complexity index is 715. The van der Waals surface area contributed by atoms with Crippen LogP contribution in [0.2, 0.25) is 0 Å². The fourth-order valence-electron chi connectivity index (χ4n) is 3.32. The van der Waals surface area contributed by atoms with Gasteiger partial charge in [0.1, 0.15) is 0 Å². The van der Waals surface area contributed by atoms with Crippen LogP contribution >= 0.6 is 0 Å². The predicted molar refractivity (Wildman–Crippen MR) is 91.8 cm³/mol. The normalized spacial score (nSPS) is 18.9. The van der Waals surface area contributed by atoms with Gasteiger partial charge in [0, 0.05) is 36.1 Å². The van der Waals surface area contributed by atoms with Crippen LogP contribution in [0.25, 0.3) is 0 Å². The summed E-state index contributed by atoms with van der Waals surface area (Å²) in [4.78, 5) is 22.4. The molecule has 7 heteroatoms. The van der Waals surface area contributed by atoms with Gasteiger partial charge in [0.2, 0.25) is 5.91 Å². The van der Waals surface area contributed by atoms with Gasteiger partial charge in [-0.15, -0.1) is 0 Å². The summed E-state index contributed by atoms with van der Waals surface area (Å²) in [6, 6.07) is 2.10. The number of nitriles is 1. The van der Waals surface area contributed by atoms with Crippen molar-refractivity contribution in [2.75, 3.05) is 0 Å². The summed E-state index contributed by atoms with van der Waals surface area (Å²) >= 11 is 0. The highest BCUT2D eigenvalue weighted by Gasteiger charge is 2.26. The van der Waals surface area contributed by atoms with Gasteiger partial charge in [-0.25, -0.2) is 0 Å². The molecular weight excluding hydrogens is 320 g/mol. The second kappa shape index (κ2) is 8.47. The molecule has 0 saturated carbocycles. The van der Waals surface area contributed by atoms with Gasteiger partial charge in [-0.05, 0) is 26.7 Å². The van der Waals surface area contributed by atoms with Gasteiger partial charge in [-0.1, -0.05) is 12.2 Å². The maximum atomic E-state index is 11.9. The van der Waals surface area contributed by atoms with Crippen molar-refractivity contribution in [2.24, 2.45) is 0 Å². The molecule has 2 atom stereocenters. The standard InChI is InChI=1S/C18H24N4O3/c1-12-18(13(2)22(21-12)10-4-9-19)14-7-8-15(11-14)20-16(23)5-3-6-17(24)25/h7-8,14-15H,3-6,10-11H2,1-2H3,(H,20,23)(H,24,25)/t14-,15-/m1/s1. The lowest BCUT2D eigenvalue weighted by Crippen LogP contribution is -2.32. The van der Waals surface area contributed by atoms with E-state index >= 15 is 0 Å². The first kappa shape index (κ1) is 18.7. The number of carboxylic acid groups (broad SMARTS) is 1. The molecule has 0 spiro atoms. The molecule has 1 aliphatic carbocycles. The summed E-state index contributed by atoms with van der Waals surface area (Å²) in [5, 5.41) is 24.8. The van der Waals surface area contributed by atoms with Gasteiger partial charge in [0.05, 0.1) is 24.7 Å². The summed E-state index contributed by atoms with van der Waals surface area (Å²) in [5.41, 5.74) is 3.19.